The molecule has 0 aromatic rings. The second-order valence-corrected chi connectivity index (χ2v) is 4.60. The van der Waals surface area contributed by atoms with Gasteiger partial charge < -0.3 is 15.7 Å². The van der Waals surface area contributed by atoms with Crippen LogP contribution in [0.2, 0.25) is 0 Å². The third-order valence-corrected chi connectivity index (χ3v) is 3.07. The summed E-state index contributed by atoms with van der Waals surface area (Å²) in [5.74, 6) is 0.888. The molecule has 0 bridgehead atoms. The predicted octanol–water partition coefficient (Wildman–Crippen LogP) is -0.340. The predicted molar refractivity (Wildman–Crippen MR) is 58.2 cm³/mol. The molecule has 1 amide bonds. The second-order valence-electron chi connectivity index (χ2n) is 3.61. The minimum Gasteiger partial charge on any atom is -0.391 e. The van der Waals surface area contributed by atoms with Crippen molar-refractivity contribution in [3.63, 3.8) is 0 Å². The molecule has 0 saturated carbocycles. The van der Waals surface area contributed by atoms with E-state index in [1.807, 2.05) is 6.26 Å². The third-order valence-electron chi connectivity index (χ3n) is 2.43. The summed E-state index contributed by atoms with van der Waals surface area (Å²) in [6, 6.07) is -0.396. The van der Waals surface area contributed by atoms with E-state index in [1.165, 1.54) is 0 Å². The fourth-order valence-corrected chi connectivity index (χ4v) is 2.03. The Morgan fingerprint density at radius 3 is 3.00 bits per heavy atom. The van der Waals surface area contributed by atoms with Crippen LogP contribution >= 0.6 is 11.8 Å². The van der Waals surface area contributed by atoms with E-state index in [1.54, 1.807) is 16.7 Å². The van der Waals surface area contributed by atoms with Crippen LogP contribution in [0.25, 0.3) is 0 Å². The molecule has 82 valence electrons. The van der Waals surface area contributed by atoms with Crippen LogP contribution in [0, 0.1) is 0 Å². The number of nitrogens with two attached hydrogens (primary N) is 1. The van der Waals surface area contributed by atoms with Gasteiger partial charge in [-0.05, 0) is 24.9 Å². The number of carbonyl (C=O) groups excluding carboxylic acids is 1. The van der Waals surface area contributed by atoms with Crippen LogP contribution in [-0.4, -0.2) is 53.2 Å². The molecule has 14 heavy (non-hydrogen) atoms. The molecule has 0 radical (unpaired) electrons. The van der Waals surface area contributed by atoms with Crippen molar-refractivity contribution in [2.24, 2.45) is 5.73 Å². The third kappa shape index (κ3) is 3.15. The molecule has 4 nitrogen and oxygen atoms in total. The summed E-state index contributed by atoms with van der Waals surface area (Å²) in [4.78, 5) is 13.3. The first-order valence-corrected chi connectivity index (χ1v) is 6.26. The van der Waals surface area contributed by atoms with Crippen molar-refractivity contribution in [2.45, 2.75) is 25.0 Å². The van der Waals surface area contributed by atoms with Crippen LogP contribution < -0.4 is 5.73 Å². The number of nitrogens with zero attached hydrogens (tertiary/aromatic N) is 1. The lowest BCUT2D eigenvalue weighted by Crippen LogP contribution is -2.43. The molecule has 1 aliphatic rings. The van der Waals surface area contributed by atoms with Gasteiger partial charge in [-0.3, -0.25) is 4.79 Å². The Labute approximate surface area is 88.8 Å². The zero-order valence-corrected chi connectivity index (χ0v) is 9.30. The first-order valence-electron chi connectivity index (χ1n) is 4.86. The number of rotatable bonds is 4. The Morgan fingerprint density at radius 2 is 2.50 bits per heavy atom. The van der Waals surface area contributed by atoms with E-state index in [4.69, 9.17) is 5.73 Å². The molecule has 1 fully saturated rings. The molecule has 1 aliphatic heterocycles. The van der Waals surface area contributed by atoms with Crippen molar-refractivity contribution in [2.75, 3.05) is 25.1 Å². The maximum absolute atomic E-state index is 11.7. The molecule has 0 aromatic carbocycles. The van der Waals surface area contributed by atoms with Crippen molar-refractivity contribution in [1.29, 1.82) is 0 Å². The van der Waals surface area contributed by atoms with Gasteiger partial charge in [0, 0.05) is 13.1 Å². The number of hydrogen-bond acceptors (Lipinski definition) is 4. The quantitative estimate of drug-likeness (QED) is 0.677. The smallest absolute Gasteiger partial charge is 0.239 e. The first-order chi connectivity index (χ1) is 6.65. The van der Waals surface area contributed by atoms with Gasteiger partial charge in [0.05, 0.1) is 12.1 Å². The van der Waals surface area contributed by atoms with Gasteiger partial charge in [0.25, 0.3) is 0 Å². The zero-order chi connectivity index (χ0) is 10.6. The normalized spacial score (nSPS) is 23.9. The minimum atomic E-state index is -0.396. The van der Waals surface area contributed by atoms with Gasteiger partial charge in [-0.25, -0.2) is 0 Å². The van der Waals surface area contributed by atoms with Crippen molar-refractivity contribution in [3.8, 4) is 0 Å². The number of β-amino-alcohol motifs (C(OH)–C–C–N with tert-alkyl or cyclic N) is 1. The highest BCUT2D eigenvalue weighted by Gasteiger charge is 2.27. The van der Waals surface area contributed by atoms with E-state index in [0.29, 0.717) is 25.9 Å². The minimum absolute atomic E-state index is 0.0180. The average Bonchev–Trinajstić information content (AvgIpc) is 2.60. The van der Waals surface area contributed by atoms with Crippen molar-refractivity contribution >= 4 is 17.7 Å². The highest BCUT2D eigenvalue weighted by molar-refractivity contribution is 7.98. The monoisotopic (exact) mass is 218 g/mol. The van der Waals surface area contributed by atoms with Gasteiger partial charge in [0.15, 0.2) is 0 Å². The molecule has 3 N–H and O–H groups in total. The molecular weight excluding hydrogens is 200 g/mol. The Balaban J connectivity index is 2.32. The van der Waals surface area contributed by atoms with Crippen LogP contribution in [-0.2, 0) is 4.79 Å². The number of thioether (sulfide) groups is 1. The summed E-state index contributed by atoms with van der Waals surface area (Å²) < 4.78 is 0. The van der Waals surface area contributed by atoms with Gasteiger partial charge in [0.1, 0.15) is 0 Å². The fraction of sp³-hybridized carbons (Fsp3) is 0.889. The Hall–Kier alpha value is -0.260. The van der Waals surface area contributed by atoms with E-state index >= 15 is 0 Å². The molecule has 2 atom stereocenters. The Bertz CT molecular complexity index is 201. The maximum atomic E-state index is 11.7. The molecular formula is C9H18N2O2S. The zero-order valence-electron chi connectivity index (χ0n) is 8.48. The van der Waals surface area contributed by atoms with E-state index in [0.717, 1.165) is 5.75 Å². The Morgan fingerprint density at radius 1 is 1.79 bits per heavy atom. The van der Waals surface area contributed by atoms with Crippen LogP contribution in [0.1, 0.15) is 12.8 Å². The number of hydrogen-bond donors (Lipinski definition) is 2. The lowest BCUT2D eigenvalue weighted by atomic mass is 10.2. The van der Waals surface area contributed by atoms with E-state index < -0.39 is 6.04 Å². The standard InChI is InChI=1S/C9H18N2O2S/c1-14-5-3-8(10)9(13)11-4-2-7(12)6-11/h7-8,12H,2-6,10H2,1H3. The lowest BCUT2D eigenvalue weighted by molar-refractivity contribution is -0.131. The number of aliphatic hydroxyl groups excluding tert-OH is 1. The fourth-order valence-electron chi connectivity index (χ4n) is 1.54. The van der Waals surface area contributed by atoms with E-state index in [2.05, 4.69) is 0 Å². The number of likely N-dealkylation sites (tertiary alicyclic amines) is 1. The average molecular weight is 218 g/mol. The molecule has 1 heterocycles. The Kier molecular flexibility index (Phi) is 4.71. The van der Waals surface area contributed by atoms with Gasteiger partial charge in [-0.2, -0.15) is 11.8 Å². The topological polar surface area (TPSA) is 66.6 Å². The molecule has 1 saturated heterocycles. The van der Waals surface area contributed by atoms with Gasteiger partial charge in [0.2, 0.25) is 5.91 Å². The number of amides is 1. The van der Waals surface area contributed by atoms with Gasteiger partial charge >= 0.3 is 0 Å². The lowest BCUT2D eigenvalue weighted by Gasteiger charge is -2.19. The van der Waals surface area contributed by atoms with Crippen LogP contribution in [0.15, 0.2) is 0 Å². The van der Waals surface area contributed by atoms with E-state index in [-0.39, 0.29) is 12.0 Å². The second kappa shape index (κ2) is 5.58. The van der Waals surface area contributed by atoms with Gasteiger partial charge in [-0.1, -0.05) is 0 Å². The number of aliphatic hydroxyl groups is 1. The molecule has 5 heteroatoms. The van der Waals surface area contributed by atoms with E-state index in [9.17, 15) is 9.90 Å². The summed E-state index contributed by atoms with van der Waals surface area (Å²) in [5.41, 5.74) is 5.74. The maximum Gasteiger partial charge on any atom is 0.239 e. The van der Waals surface area contributed by atoms with Crippen LogP contribution in [0.4, 0.5) is 0 Å². The van der Waals surface area contributed by atoms with Crippen LogP contribution in [0.3, 0.4) is 0 Å². The SMILES string of the molecule is CSCCC(N)C(=O)N1CCC(O)C1. The largest absolute Gasteiger partial charge is 0.391 e. The molecule has 1 rings (SSSR count). The summed E-state index contributed by atoms with van der Waals surface area (Å²) >= 11 is 1.69. The van der Waals surface area contributed by atoms with Crippen molar-refractivity contribution in [3.05, 3.63) is 0 Å². The molecule has 0 aromatic heterocycles. The summed E-state index contributed by atoms with van der Waals surface area (Å²) in [6.07, 6.45) is 3.04. The van der Waals surface area contributed by atoms with Gasteiger partial charge in [-0.15, -0.1) is 0 Å². The first kappa shape index (κ1) is 11.8. The summed E-state index contributed by atoms with van der Waals surface area (Å²) in [6.45, 7) is 1.10. The highest BCUT2D eigenvalue weighted by Crippen LogP contribution is 2.11. The van der Waals surface area contributed by atoms with Crippen molar-refractivity contribution < 1.29 is 9.90 Å². The summed E-state index contributed by atoms with van der Waals surface area (Å²) in [7, 11) is 0. The summed E-state index contributed by atoms with van der Waals surface area (Å²) in [5, 5.41) is 9.27. The molecule has 0 aliphatic carbocycles. The number of carbonyl (C=O) groups is 1. The highest BCUT2D eigenvalue weighted by atomic mass is 32.2. The molecule has 2 unspecified atom stereocenters. The van der Waals surface area contributed by atoms with Crippen LogP contribution in [0.5, 0.6) is 0 Å². The van der Waals surface area contributed by atoms with Crippen molar-refractivity contribution in [1.82, 2.24) is 4.90 Å². The molecule has 0 spiro atoms.